The van der Waals surface area contributed by atoms with Crippen LogP contribution in [0.25, 0.3) is 11.1 Å². The average Bonchev–Trinajstić information content (AvgIpc) is 3.33. The lowest BCUT2D eigenvalue weighted by Crippen LogP contribution is -2.31. The maximum Gasteiger partial charge on any atom is 0.254 e. The Morgan fingerprint density at radius 2 is 1.94 bits per heavy atom. The Balaban J connectivity index is 1.68. The maximum absolute atomic E-state index is 13.5. The van der Waals surface area contributed by atoms with E-state index in [0.717, 1.165) is 66.0 Å². The number of pyridine rings is 1. The van der Waals surface area contributed by atoms with Gasteiger partial charge in [0.1, 0.15) is 5.82 Å². The van der Waals surface area contributed by atoms with Gasteiger partial charge >= 0.3 is 0 Å². The summed E-state index contributed by atoms with van der Waals surface area (Å²) in [4.78, 5) is 29.4. The molecular weight excluding hydrogens is 412 g/mol. The predicted molar refractivity (Wildman–Crippen MR) is 129 cm³/mol. The molecule has 0 aliphatic carbocycles. The molecule has 1 saturated heterocycles. The summed E-state index contributed by atoms with van der Waals surface area (Å²) in [5.74, 6) is 0.885. The molecule has 0 N–H and O–H groups in total. The van der Waals surface area contributed by atoms with Crippen LogP contribution in [0.2, 0.25) is 0 Å². The predicted octanol–water partition coefficient (Wildman–Crippen LogP) is 5.31. The van der Waals surface area contributed by atoms with Crippen molar-refractivity contribution in [1.82, 2.24) is 19.9 Å². The molecule has 6 nitrogen and oxygen atoms in total. The van der Waals surface area contributed by atoms with Crippen LogP contribution in [0.15, 0.2) is 48.9 Å². The fourth-order valence-corrected chi connectivity index (χ4v) is 4.44. The summed E-state index contributed by atoms with van der Waals surface area (Å²) in [7, 11) is 0. The molecule has 4 rings (SSSR count). The zero-order chi connectivity index (χ0) is 23.2. The van der Waals surface area contributed by atoms with Crippen molar-refractivity contribution < 1.29 is 9.53 Å². The van der Waals surface area contributed by atoms with Gasteiger partial charge < -0.3 is 9.64 Å². The Labute approximate surface area is 196 Å². The first kappa shape index (κ1) is 23.1. The van der Waals surface area contributed by atoms with Crippen molar-refractivity contribution in [1.29, 1.82) is 0 Å². The molecule has 1 aliphatic rings. The molecule has 0 bridgehead atoms. The van der Waals surface area contributed by atoms with E-state index < -0.39 is 0 Å². The van der Waals surface area contributed by atoms with Gasteiger partial charge in [0.15, 0.2) is 0 Å². The quantitative estimate of drug-likeness (QED) is 0.471. The third kappa shape index (κ3) is 5.11. The van der Waals surface area contributed by atoms with Crippen molar-refractivity contribution >= 4 is 5.91 Å². The second kappa shape index (κ2) is 10.7. The lowest BCUT2D eigenvalue weighted by Gasteiger charge is -2.27. The number of benzene rings is 1. The van der Waals surface area contributed by atoms with E-state index >= 15 is 0 Å². The lowest BCUT2D eigenvalue weighted by molar-refractivity contribution is 0.0733. The number of likely N-dealkylation sites (tertiary alicyclic amines) is 1. The number of ether oxygens (including phenoxy) is 1. The first-order valence-corrected chi connectivity index (χ1v) is 11.9. The highest BCUT2D eigenvalue weighted by molar-refractivity contribution is 5.94. The SMILES string of the molecule is CCCc1ncc(-c2ccncc2C)c([C@H]2CCCN2C(=O)c2ccc(COCC)cc2)n1. The van der Waals surface area contributed by atoms with Crippen LogP contribution in [0.3, 0.4) is 0 Å². The van der Waals surface area contributed by atoms with Crippen LogP contribution in [0, 0.1) is 6.92 Å². The summed E-state index contributed by atoms with van der Waals surface area (Å²) in [6, 6.07) is 9.70. The Morgan fingerprint density at radius 3 is 2.67 bits per heavy atom. The second-order valence-electron chi connectivity index (χ2n) is 8.52. The normalized spacial score (nSPS) is 15.7. The van der Waals surface area contributed by atoms with Crippen LogP contribution in [0.5, 0.6) is 0 Å². The lowest BCUT2D eigenvalue weighted by atomic mass is 9.97. The molecular formula is C27H32N4O2. The smallest absolute Gasteiger partial charge is 0.254 e. The molecule has 6 heteroatoms. The molecule has 1 aliphatic heterocycles. The first-order valence-electron chi connectivity index (χ1n) is 11.9. The van der Waals surface area contributed by atoms with Gasteiger partial charge in [-0.2, -0.15) is 0 Å². The summed E-state index contributed by atoms with van der Waals surface area (Å²) < 4.78 is 5.48. The van der Waals surface area contributed by atoms with Gasteiger partial charge in [0.25, 0.3) is 5.91 Å². The minimum atomic E-state index is -0.0678. The van der Waals surface area contributed by atoms with Gasteiger partial charge in [-0.1, -0.05) is 19.1 Å². The average molecular weight is 445 g/mol. The van der Waals surface area contributed by atoms with Crippen molar-refractivity contribution in [2.75, 3.05) is 13.2 Å². The summed E-state index contributed by atoms with van der Waals surface area (Å²) in [6.07, 6.45) is 9.25. The van der Waals surface area contributed by atoms with E-state index in [4.69, 9.17) is 9.72 Å². The fourth-order valence-electron chi connectivity index (χ4n) is 4.44. The van der Waals surface area contributed by atoms with Gasteiger partial charge in [-0.15, -0.1) is 0 Å². The highest BCUT2D eigenvalue weighted by atomic mass is 16.5. The number of aryl methyl sites for hydroxylation is 2. The minimum Gasteiger partial charge on any atom is -0.377 e. The Hall–Kier alpha value is -3.12. The van der Waals surface area contributed by atoms with Crippen molar-refractivity contribution in [3.8, 4) is 11.1 Å². The molecule has 1 amide bonds. The van der Waals surface area contributed by atoms with Gasteiger partial charge in [0.2, 0.25) is 0 Å². The highest BCUT2D eigenvalue weighted by Gasteiger charge is 2.34. The number of hydrogen-bond acceptors (Lipinski definition) is 5. The summed E-state index contributed by atoms with van der Waals surface area (Å²) in [5, 5.41) is 0. The number of nitrogens with zero attached hydrogens (tertiary/aromatic N) is 4. The number of carbonyl (C=O) groups is 1. The molecule has 0 saturated carbocycles. The van der Waals surface area contributed by atoms with E-state index in [1.807, 2.05) is 61.5 Å². The van der Waals surface area contributed by atoms with E-state index in [9.17, 15) is 4.79 Å². The third-order valence-corrected chi connectivity index (χ3v) is 6.16. The van der Waals surface area contributed by atoms with Crippen molar-refractivity contribution in [2.45, 2.75) is 59.1 Å². The summed E-state index contributed by atoms with van der Waals surface area (Å²) in [5.41, 5.74) is 5.86. The zero-order valence-corrected chi connectivity index (χ0v) is 19.8. The monoisotopic (exact) mass is 444 g/mol. The van der Waals surface area contributed by atoms with E-state index in [1.165, 1.54) is 0 Å². The fraction of sp³-hybridized carbons (Fsp3) is 0.407. The van der Waals surface area contributed by atoms with Gasteiger partial charge in [0.05, 0.1) is 18.3 Å². The van der Waals surface area contributed by atoms with Crippen molar-refractivity contribution in [3.63, 3.8) is 0 Å². The number of aromatic nitrogens is 3. The molecule has 33 heavy (non-hydrogen) atoms. The van der Waals surface area contributed by atoms with Gasteiger partial charge in [0, 0.05) is 49.3 Å². The van der Waals surface area contributed by atoms with Crippen LogP contribution >= 0.6 is 0 Å². The minimum absolute atomic E-state index is 0.0495. The molecule has 1 atom stereocenters. The number of hydrogen-bond donors (Lipinski definition) is 0. The molecule has 172 valence electrons. The van der Waals surface area contributed by atoms with Crippen LogP contribution in [-0.2, 0) is 17.8 Å². The van der Waals surface area contributed by atoms with Gasteiger partial charge in [-0.25, -0.2) is 9.97 Å². The largest absolute Gasteiger partial charge is 0.377 e. The van der Waals surface area contributed by atoms with Crippen molar-refractivity contribution in [3.05, 3.63) is 77.1 Å². The summed E-state index contributed by atoms with van der Waals surface area (Å²) >= 11 is 0. The molecule has 0 radical (unpaired) electrons. The molecule has 3 heterocycles. The Morgan fingerprint density at radius 1 is 1.12 bits per heavy atom. The molecule has 2 aromatic heterocycles. The van der Waals surface area contributed by atoms with Crippen LogP contribution in [0.4, 0.5) is 0 Å². The van der Waals surface area contributed by atoms with E-state index in [0.29, 0.717) is 18.8 Å². The Kier molecular flexibility index (Phi) is 7.45. The van der Waals surface area contributed by atoms with Crippen LogP contribution in [-0.4, -0.2) is 38.9 Å². The second-order valence-corrected chi connectivity index (χ2v) is 8.52. The topological polar surface area (TPSA) is 68.2 Å². The van der Waals surface area contributed by atoms with E-state index in [1.54, 1.807) is 6.20 Å². The van der Waals surface area contributed by atoms with Crippen LogP contribution in [0.1, 0.15) is 72.2 Å². The Bertz CT molecular complexity index is 1100. The first-order chi connectivity index (χ1) is 16.1. The number of carbonyl (C=O) groups excluding carboxylic acids is 1. The molecule has 0 unspecified atom stereocenters. The van der Waals surface area contributed by atoms with E-state index in [2.05, 4.69) is 16.9 Å². The standard InChI is InChI=1S/C27H32N4O2/c1-4-7-25-29-17-23(22-13-14-28-16-19(22)3)26(30-25)24-8-6-15-31(24)27(32)21-11-9-20(10-12-21)18-33-5-2/h9-14,16-17,24H,4-8,15,18H2,1-3H3/t24-/m1/s1. The molecule has 0 spiro atoms. The molecule has 1 fully saturated rings. The number of rotatable bonds is 8. The van der Waals surface area contributed by atoms with Gasteiger partial charge in [-0.05, 0) is 68.0 Å². The highest BCUT2D eigenvalue weighted by Crippen LogP contribution is 2.38. The number of amides is 1. The van der Waals surface area contributed by atoms with Gasteiger partial charge in [-0.3, -0.25) is 9.78 Å². The summed E-state index contributed by atoms with van der Waals surface area (Å²) in [6.45, 7) is 8.12. The maximum atomic E-state index is 13.5. The molecule has 1 aromatic carbocycles. The molecule has 3 aromatic rings. The third-order valence-electron chi connectivity index (χ3n) is 6.16. The van der Waals surface area contributed by atoms with Crippen molar-refractivity contribution in [2.24, 2.45) is 0 Å². The van der Waals surface area contributed by atoms with E-state index in [-0.39, 0.29) is 11.9 Å². The zero-order valence-electron chi connectivity index (χ0n) is 19.8. The van der Waals surface area contributed by atoms with Crippen LogP contribution < -0.4 is 0 Å².